The minimum absolute atomic E-state index is 0.126. The Balaban J connectivity index is 2.16. The molecule has 0 aliphatic heterocycles. The molecule has 3 rings (SSSR count). The van der Waals surface area contributed by atoms with Crippen molar-refractivity contribution in [1.82, 2.24) is 0 Å². The van der Waals surface area contributed by atoms with Gasteiger partial charge in [0.25, 0.3) is 0 Å². The van der Waals surface area contributed by atoms with Gasteiger partial charge in [-0.2, -0.15) is 0 Å². The summed E-state index contributed by atoms with van der Waals surface area (Å²) in [7, 11) is -3.02. The van der Waals surface area contributed by atoms with Crippen molar-refractivity contribution in [2.45, 2.75) is 19.4 Å². The first-order valence-electron chi connectivity index (χ1n) is 8.79. The quantitative estimate of drug-likeness (QED) is 0.469. The molecule has 0 heterocycles. The number of benzene rings is 3. The van der Waals surface area contributed by atoms with Gasteiger partial charge in [0.15, 0.2) is 0 Å². The first kappa shape index (κ1) is 19.9. The van der Waals surface area contributed by atoms with Gasteiger partial charge in [-0.25, -0.2) is 0 Å². The van der Waals surface area contributed by atoms with E-state index in [0.717, 1.165) is 19.5 Å². The molecule has 0 atom stereocenters. The van der Waals surface area contributed by atoms with Gasteiger partial charge in [0.2, 0.25) is 0 Å². The Morgan fingerprint density at radius 1 is 0.815 bits per heavy atom. The summed E-state index contributed by atoms with van der Waals surface area (Å²) in [5, 5.41) is 12.4. The summed E-state index contributed by atoms with van der Waals surface area (Å²) in [5.74, 6) is 1.84. The summed E-state index contributed by atoms with van der Waals surface area (Å²) in [6.45, 7) is 3.54. The van der Waals surface area contributed by atoms with E-state index in [-0.39, 0.29) is 15.0 Å². The summed E-state index contributed by atoms with van der Waals surface area (Å²) < 4.78 is 16.2. The van der Waals surface area contributed by atoms with Crippen LogP contribution in [0.4, 0.5) is 0 Å². The average Bonchev–Trinajstić information content (AvgIpc) is 2.69. The molecule has 0 spiro atoms. The zero-order valence-corrected chi connectivity index (χ0v) is 18.1. The van der Waals surface area contributed by atoms with E-state index in [1.54, 1.807) is 13.8 Å². The van der Waals surface area contributed by atoms with Gasteiger partial charge in [-0.1, -0.05) is 0 Å². The zero-order valence-electron chi connectivity index (χ0n) is 15.4. The molecule has 2 nitrogen and oxygen atoms in total. The van der Waals surface area contributed by atoms with Crippen LogP contribution in [0.1, 0.15) is 13.8 Å². The average molecular weight is 441 g/mol. The van der Waals surface area contributed by atoms with Crippen LogP contribution in [0.5, 0.6) is 0 Å². The second-order valence-corrected chi connectivity index (χ2v) is 11.7. The Morgan fingerprint density at radius 3 is 1.63 bits per heavy atom. The van der Waals surface area contributed by atoms with Crippen LogP contribution in [-0.2, 0) is 4.57 Å². The van der Waals surface area contributed by atoms with Crippen LogP contribution in [0.15, 0.2) is 101 Å². The summed E-state index contributed by atoms with van der Waals surface area (Å²) >= 11 is -0.126. The van der Waals surface area contributed by atoms with Crippen LogP contribution in [0.3, 0.4) is 0 Å². The molecule has 138 valence electrons. The van der Waals surface area contributed by atoms with E-state index in [1.165, 1.54) is 0 Å². The minimum atomic E-state index is -3.02. The molecule has 0 saturated carbocycles. The van der Waals surface area contributed by atoms with Gasteiger partial charge in [0.05, 0.1) is 0 Å². The van der Waals surface area contributed by atoms with Gasteiger partial charge >= 0.3 is 168 Å². The predicted molar refractivity (Wildman–Crippen MR) is 116 cm³/mol. The standard InChI is InChI=1S/C23H23O2PSe/c1-23(2,24)22(27-21-16-10-5-11-17-21)18-26(25,19-12-6-3-7-13-19)20-14-8-4-9-15-20/h3-18,24H,1-2H3/b22-18+. The SMILES string of the molecule is CC(C)(O)/C(=C\P(=O)(c1ccccc1)c1ccccc1)[Se]c1ccccc1. The molecule has 4 heteroatoms. The van der Waals surface area contributed by atoms with E-state index in [0.29, 0.717) is 0 Å². The van der Waals surface area contributed by atoms with Crippen molar-refractivity contribution in [3.05, 3.63) is 101 Å². The fourth-order valence-corrected chi connectivity index (χ4v) is 8.15. The number of hydrogen-bond donors (Lipinski definition) is 1. The topological polar surface area (TPSA) is 37.3 Å². The molecule has 0 radical (unpaired) electrons. The number of aliphatic hydroxyl groups is 1. The van der Waals surface area contributed by atoms with Gasteiger partial charge in [-0.05, 0) is 0 Å². The first-order chi connectivity index (χ1) is 12.9. The second kappa shape index (κ2) is 8.42. The molecule has 3 aromatic rings. The Bertz CT molecular complexity index is 902. The van der Waals surface area contributed by atoms with Crippen LogP contribution in [-0.4, -0.2) is 25.7 Å². The van der Waals surface area contributed by atoms with Crippen molar-refractivity contribution < 1.29 is 9.67 Å². The second-order valence-electron chi connectivity index (χ2n) is 6.80. The van der Waals surface area contributed by atoms with Gasteiger partial charge in [0, 0.05) is 0 Å². The third-order valence-electron chi connectivity index (χ3n) is 4.15. The Morgan fingerprint density at radius 2 is 1.22 bits per heavy atom. The van der Waals surface area contributed by atoms with Crippen molar-refractivity contribution in [3.8, 4) is 0 Å². The van der Waals surface area contributed by atoms with Crippen LogP contribution in [0.2, 0.25) is 0 Å². The van der Waals surface area contributed by atoms with E-state index < -0.39 is 12.7 Å². The van der Waals surface area contributed by atoms with Crippen LogP contribution in [0.25, 0.3) is 0 Å². The van der Waals surface area contributed by atoms with Crippen molar-refractivity contribution in [2.75, 3.05) is 0 Å². The molecule has 27 heavy (non-hydrogen) atoms. The van der Waals surface area contributed by atoms with Gasteiger partial charge in [-0.3, -0.25) is 0 Å². The fraction of sp³-hybridized carbons (Fsp3) is 0.130. The Labute approximate surface area is 167 Å². The van der Waals surface area contributed by atoms with Crippen LogP contribution >= 0.6 is 7.14 Å². The monoisotopic (exact) mass is 442 g/mol. The summed E-state index contributed by atoms with van der Waals surface area (Å²) in [6.07, 6.45) is 0. The van der Waals surface area contributed by atoms with Crippen molar-refractivity contribution in [2.24, 2.45) is 0 Å². The molecule has 1 N–H and O–H groups in total. The molecule has 0 fully saturated rings. The van der Waals surface area contributed by atoms with Crippen molar-refractivity contribution in [3.63, 3.8) is 0 Å². The molecular weight excluding hydrogens is 418 g/mol. The van der Waals surface area contributed by atoms with Gasteiger partial charge < -0.3 is 0 Å². The zero-order chi connectivity index (χ0) is 19.3. The molecule has 0 aliphatic rings. The van der Waals surface area contributed by atoms with Crippen molar-refractivity contribution >= 4 is 37.2 Å². The maximum absolute atomic E-state index is 14.3. The third-order valence-corrected chi connectivity index (χ3v) is 10.1. The fourth-order valence-electron chi connectivity index (χ4n) is 2.69. The molecule has 0 unspecified atom stereocenters. The van der Waals surface area contributed by atoms with Crippen LogP contribution in [0, 0.1) is 0 Å². The van der Waals surface area contributed by atoms with Gasteiger partial charge in [-0.15, -0.1) is 0 Å². The normalized spacial score (nSPS) is 12.8. The van der Waals surface area contributed by atoms with E-state index in [4.69, 9.17) is 0 Å². The van der Waals surface area contributed by atoms with Gasteiger partial charge in [0.1, 0.15) is 0 Å². The molecule has 3 aromatic carbocycles. The molecular formula is C23H23O2PSe. The van der Waals surface area contributed by atoms with E-state index in [2.05, 4.69) is 12.1 Å². The molecule has 0 aliphatic carbocycles. The number of hydrogen-bond acceptors (Lipinski definition) is 2. The summed E-state index contributed by atoms with van der Waals surface area (Å²) in [4.78, 5) is 0. The number of rotatable bonds is 6. The Hall–Kier alpha value is -1.89. The van der Waals surface area contributed by atoms with E-state index >= 15 is 0 Å². The molecule has 0 aromatic heterocycles. The van der Waals surface area contributed by atoms with Crippen molar-refractivity contribution in [1.29, 1.82) is 0 Å². The van der Waals surface area contributed by atoms with Crippen LogP contribution < -0.4 is 15.1 Å². The first-order valence-corrected chi connectivity index (χ1v) is 12.3. The molecule has 0 amide bonds. The van der Waals surface area contributed by atoms with E-state index in [9.17, 15) is 9.67 Å². The van der Waals surface area contributed by atoms with E-state index in [1.807, 2.05) is 84.7 Å². The molecule has 0 bridgehead atoms. The summed E-state index contributed by atoms with van der Waals surface area (Å²) in [5.41, 5.74) is -1.05. The predicted octanol–water partition coefficient (Wildman–Crippen LogP) is 3.64. The molecule has 0 saturated heterocycles. The Kier molecular flexibility index (Phi) is 6.19. The summed E-state index contributed by atoms with van der Waals surface area (Å²) in [6, 6.07) is 29.2. The third kappa shape index (κ3) is 4.89. The maximum atomic E-state index is 14.3.